The van der Waals surface area contributed by atoms with Crippen LogP contribution < -0.4 is 10.5 Å². The number of oxime groups is 1. The molecule has 0 heterocycles. The summed E-state index contributed by atoms with van der Waals surface area (Å²) in [4.78, 5) is 0. The molecule has 0 fully saturated rings. The van der Waals surface area contributed by atoms with Gasteiger partial charge in [-0.15, -0.1) is 0 Å². The number of hydrogen-bond donors (Lipinski definition) is 2. The van der Waals surface area contributed by atoms with Gasteiger partial charge in [0.1, 0.15) is 11.6 Å². The lowest BCUT2D eigenvalue weighted by molar-refractivity contribution is 0.304. The molecule has 0 atom stereocenters. The van der Waals surface area contributed by atoms with Gasteiger partial charge in [-0.25, -0.2) is 0 Å². The van der Waals surface area contributed by atoms with Crippen LogP contribution >= 0.6 is 0 Å². The first-order valence-corrected chi connectivity index (χ1v) is 6.94. The maximum atomic E-state index is 8.39. The van der Waals surface area contributed by atoms with E-state index in [2.05, 4.69) is 24.2 Å². The van der Waals surface area contributed by atoms with Gasteiger partial charge in [0.05, 0.1) is 6.61 Å². The number of rotatable bonds is 9. The second-order valence-electron chi connectivity index (χ2n) is 4.64. The van der Waals surface area contributed by atoms with Gasteiger partial charge < -0.3 is 15.7 Å². The third-order valence-electron chi connectivity index (χ3n) is 2.97. The molecule has 1 rings (SSSR count). The molecule has 1 aromatic carbocycles. The van der Waals surface area contributed by atoms with Crippen molar-refractivity contribution in [1.29, 1.82) is 0 Å². The molecular weight excluding hydrogens is 240 g/mol. The van der Waals surface area contributed by atoms with E-state index < -0.39 is 0 Å². The zero-order valence-corrected chi connectivity index (χ0v) is 11.6. The zero-order valence-electron chi connectivity index (χ0n) is 11.6. The van der Waals surface area contributed by atoms with Gasteiger partial charge in [0.15, 0.2) is 0 Å². The summed E-state index contributed by atoms with van der Waals surface area (Å²) in [6.45, 7) is 2.86. The first kappa shape index (κ1) is 15.3. The highest BCUT2D eigenvalue weighted by atomic mass is 16.5. The normalized spacial score (nSPS) is 11.5. The quantitative estimate of drug-likeness (QED) is 0.236. The minimum atomic E-state index is 0.278. The smallest absolute Gasteiger partial charge is 0.139 e. The summed E-state index contributed by atoms with van der Waals surface area (Å²) in [7, 11) is 0. The number of aryl methyl sites for hydroxylation is 1. The van der Waals surface area contributed by atoms with Crippen LogP contribution in [0.1, 0.15) is 44.6 Å². The van der Waals surface area contributed by atoms with Crippen LogP contribution in [-0.2, 0) is 6.42 Å². The number of benzene rings is 1. The molecule has 106 valence electrons. The van der Waals surface area contributed by atoms with Crippen LogP contribution in [0.4, 0.5) is 0 Å². The van der Waals surface area contributed by atoms with Gasteiger partial charge in [0.2, 0.25) is 0 Å². The molecule has 0 aliphatic rings. The minimum absolute atomic E-state index is 0.278. The van der Waals surface area contributed by atoms with E-state index in [1.165, 1.54) is 18.4 Å². The predicted octanol–water partition coefficient (Wildman–Crippen LogP) is 3.32. The van der Waals surface area contributed by atoms with Crippen LogP contribution in [0.5, 0.6) is 5.75 Å². The lowest BCUT2D eigenvalue weighted by Gasteiger charge is -2.07. The highest BCUT2D eigenvalue weighted by Crippen LogP contribution is 2.14. The van der Waals surface area contributed by atoms with Crippen LogP contribution in [0.2, 0.25) is 0 Å². The van der Waals surface area contributed by atoms with E-state index in [1.54, 1.807) is 0 Å². The van der Waals surface area contributed by atoms with Crippen LogP contribution in [0.3, 0.4) is 0 Å². The van der Waals surface area contributed by atoms with Crippen molar-refractivity contribution in [3.05, 3.63) is 29.8 Å². The molecule has 0 bridgehead atoms. The number of unbranched alkanes of at least 4 members (excludes halogenated alkanes) is 2. The molecule has 1 aromatic rings. The monoisotopic (exact) mass is 264 g/mol. The largest absolute Gasteiger partial charge is 0.494 e. The Morgan fingerprint density at radius 3 is 2.58 bits per heavy atom. The molecule has 0 radical (unpaired) electrons. The van der Waals surface area contributed by atoms with Gasteiger partial charge in [-0.05, 0) is 43.4 Å². The third kappa shape index (κ3) is 6.70. The first-order chi connectivity index (χ1) is 9.26. The molecule has 0 spiro atoms. The Morgan fingerprint density at radius 2 is 1.95 bits per heavy atom. The molecule has 0 aliphatic carbocycles. The fourth-order valence-electron chi connectivity index (χ4n) is 1.78. The molecule has 4 nitrogen and oxygen atoms in total. The van der Waals surface area contributed by atoms with Crippen LogP contribution in [0.25, 0.3) is 0 Å². The van der Waals surface area contributed by atoms with E-state index in [4.69, 9.17) is 15.7 Å². The first-order valence-electron chi connectivity index (χ1n) is 6.94. The third-order valence-corrected chi connectivity index (χ3v) is 2.97. The van der Waals surface area contributed by atoms with Crippen molar-refractivity contribution in [3.8, 4) is 5.75 Å². The van der Waals surface area contributed by atoms with Crippen molar-refractivity contribution in [2.45, 2.75) is 45.4 Å². The van der Waals surface area contributed by atoms with Crippen molar-refractivity contribution in [3.63, 3.8) is 0 Å². The Hall–Kier alpha value is -1.71. The van der Waals surface area contributed by atoms with Crippen molar-refractivity contribution in [2.24, 2.45) is 10.9 Å². The maximum Gasteiger partial charge on any atom is 0.139 e. The molecule has 0 saturated heterocycles. The van der Waals surface area contributed by atoms with Gasteiger partial charge in [0.25, 0.3) is 0 Å². The summed E-state index contributed by atoms with van der Waals surface area (Å²) in [6.07, 6.45) is 5.96. The highest BCUT2D eigenvalue weighted by Gasteiger charge is 1.97. The number of nitrogens with two attached hydrogens (primary N) is 1. The second kappa shape index (κ2) is 9.25. The van der Waals surface area contributed by atoms with Gasteiger partial charge in [-0.1, -0.05) is 30.6 Å². The zero-order chi connectivity index (χ0) is 13.9. The fourth-order valence-corrected chi connectivity index (χ4v) is 1.78. The minimum Gasteiger partial charge on any atom is -0.494 e. The molecule has 4 heteroatoms. The van der Waals surface area contributed by atoms with Crippen molar-refractivity contribution in [1.82, 2.24) is 0 Å². The molecule has 0 aliphatic heterocycles. The van der Waals surface area contributed by atoms with Crippen molar-refractivity contribution in [2.75, 3.05) is 6.61 Å². The standard InChI is InChI=1S/C15H24N2O2/c1-2-3-6-13-8-10-14(11-9-13)19-12-5-4-7-15(16)17-18/h8-11,18H,2-7,12H2,1H3,(H2,16,17). The highest BCUT2D eigenvalue weighted by molar-refractivity contribution is 5.79. The number of amidine groups is 1. The topological polar surface area (TPSA) is 67.8 Å². The predicted molar refractivity (Wildman–Crippen MR) is 77.8 cm³/mol. The van der Waals surface area contributed by atoms with Gasteiger partial charge in [0, 0.05) is 6.42 Å². The molecular formula is C15H24N2O2. The Labute approximate surface area is 115 Å². The lowest BCUT2D eigenvalue weighted by atomic mass is 10.1. The fraction of sp³-hybridized carbons (Fsp3) is 0.533. The summed E-state index contributed by atoms with van der Waals surface area (Å²) < 4.78 is 5.64. The molecule has 0 aromatic heterocycles. The van der Waals surface area contributed by atoms with E-state index in [9.17, 15) is 0 Å². The molecule has 0 unspecified atom stereocenters. The summed E-state index contributed by atoms with van der Waals surface area (Å²) in [5.41, 5.74) is 6.74. The Bertz CT molecular complexity index is 374. The Kier molecular flexibility index (Phi) is 7.47. The summed E-state index contributed by atoms with van der Waals surface area (Å²) in [5.74, 6) is 1.18. The summed E-state index contributed by atoms with van der Waals surface area (Å²) >= 11 is 0. The van der Waals surface area contributed by atoms with Crippen LogP contribution in [-0.4, -0.2) is 17.6 Å². The summed E-state index contributed by atoms with van der Waals surface area (Å²) in [5, 5.41) is 11.3. The van der Waals surface area contributed by atoms with Crippen LogP contribution in [0.15, 0.2) is 29.4 Å². The Morgan fingerprint density at radius 1 is 1.21 bits per heavy atom. The number of hydrogen-bond acceptors (Lipinski definition) is 3. The van der Waals surface area contributed by atoms with Crippen molar-refractivity contribution < 1.29 is 9.94 Å². The molecule has 0 amide bonds. The van der Waals surface area contributed by atoms with Crippen molar-refractivity contribution >= 4 is 5.84 Å². The van der Waals surface area contributed by atoms with E-state index in [-0.39, 0.29) is 5.84 Å². The lowest BCUT2D eigenvalue weighted by Crippen LogP contribution is -2.11. The average molecular weight is 264 g/mol. The summed E-state index contributed by atoms with van der Waals surface area (Å²) in [6, 6.07) is 8.30. The van der Waals surface area contributed by atoms with E-state index in [0.717, 1.165) is 25.0 Å². The number of ether oxygens (including phenoxy) is 1. The molecule has 19 heavy (non-hydrogen) atoms. The number of nitrogens with zero attached hydrogens (tertiary/aromatic N) is 1. The second-order valence-corrected chi connectivity index (χ2v) is 4.64. The molecule has 0 saturated carbocycles. The SMILES string of the molecule is CCCCc1ccc(OCCCC/C(N)=N/O)cc1. The Balaban J connectivity index is 2.19. The van der Waals surface area contributed by atoms with E-state index in [1.807, 2.05) is 12.1 Å². The maximum absolute atomic E-state index is 8.39. The molecule has 3 N–H and O–H groups in total. The van der Waals surface area contributed by atoms with Gasteiger partial charge >= 0.3 is 0 Å². The average Bonchev–Trinajstić information content (AvgIpc) is 2.45. The van der Waals surface area contributed by atoms with E-state index in [0.29, 0.717) is 13.0 Å². The van der Waals surface area contributed by atoms with Gasteiger partial charge in [-0.2, -0.15) is 0 Å². The van der Waals surface area contributed by atoms with Crippen LogP contribution in [0, 0.1) is 0 Å². The van der Waals surface area contributed by atoms with E-state index >= 15 is 0 Å². The van der Waals surface area contributed by atoms with Gasteiger partial charge in [-0.3, -0.25) is 0 Å².